The second-order valence-corrected chi connectivity index (χ2v) is 10.5. The van der Waals surface area contributed by atoms with Crippen LogP contribution in [0.1, 0.15) is 50.2 Å². The van der Waals surface area contributed by atoms with Gasteiger partial charge in [0.1, 0.15) is 12.2 Å². The van der Waals surface area contributed by atoms with Crippen LogP contribution in [0.3, 0.4) is 0 Å². The summed E-state index contributed by atoms with van der Waals surface area (Å²) < 4.78 is 16.8. The number of morpholine rings is 1. The number of halogens is 1. The van der Waals surface area contributed by atoms with E-state index in [1.54, 1.807) is 18.0 Å². The van der Waals surface area contributed by atoms with Crippen LogP contribution >= 0.6 is 11.6 Å². The first-order valence-electron chi connectivity index (χ1n) is 13.6. The molecular weight excluding hydrogens is 512 g/mol. The molecular formula is C27H43ClN4O6. The molecule has 10 nitrogen and oxygen atoms in total. The fraction of sp³-hybridized carbons (Fsp3) is 0.704. The SMILES string of the molecule is CNCC(O)C(CC1CCCCC1)NC(=O)N1CCOC(C(OCCNC(=O)OC)c2cccc(Cl)c2)C1. The minimum Gasteiger partial charge on any atom is -0.453 e. The molecule has 4 atom stereocenters. The number of aliphatic hydroxyl groups is 1. The standard InChI is InChI=1S/C27H43ClN4O6/c1-29-17-23(33)22(15-19-7-4-3-5-8-19)31-26(34)32-12-14-37-24(18-32)25(20-9-6-10-21(28)16-20)38-13-11-30-27(35)36-2/h6,9-10,16,19,22-25,29,33H,3-5,7-8,11-15,17-18H2,1-2H3,(H,30,35)(H,31,34). The van der Waals surface area contributed by atoms with Crippen molar-refractivity contribution in [1.29, 1.82) is 0 Å². The lowest BCUT2D eigenvalue weighted by Gasteiger charge is -2.38. The molecule has 38 heavy (non-hydrogen) atoms. The van der Waals surface area contributed by atoms with E-state index in [0.717, 1.165) is 24.8 Å². The Hall–Kier alpha value is -2.11. The maximum atomic E-state index is 13.4. The number of carbonyl (C=O) groups is 2. The van der Waals surface area contributed by atoms with E-state index >= 15 is 0 Å². The van der Waals surface area contributed by atoms with E-state index < -0.39 is 24.4 Å². The second kappa shape index (κ2) is 16.1. The van der Waals surface area contributed by atoms with Crippen LogP contribution in [-0.4, -0.2) is 93.9 Å². The number of methoxy groups -OCH3 is 1. The highest BCUT2D eigenvalue weighted by atomic mass is 35.5. The average molecular weight is 555 g/mol. The molecule has 11 heteroatoms. The molecule has 3 amide bonds. The van der Waals surface area contributed by atoms with Crippen molar-refractivity contribution in [2.75, 3.05) is 53.6 Å². The van der Waals surface area contributed by atoms with Gasteiger partial charge < -0.3 is 40.2 Å². The third kappa shape index (κ3) is 9.57. The van der Waals surface area contributed by atoms with Gasteiger partial charge in [0.25, 0.3) is 0 Å². The molecule has 1 aliphatic heterocycles. The predicted octanol–water partition coefficient (Wildman–Crippen LogP) is 3.08. The normalized spacial score (nSPS) is 20.8. The first-order valence-corrected chi connectivity index (χ1v) is 14.0. The number of hydrogen-bond donors (Lipinski definition) is 4. The Balaban J connectivity index is 1.66. The van der Waals surface area contributed by atoms with Gasteiger partial charge in [0.05, 0.1) is 39.0 Å². The van der Waals surface area contributed by atoms with Gasteiger partial charge in [0.15, 0.2) is 0 Å². The van der Waals surface area contributed by atoms with Crippen molar-refractivity contribution in [2.24, 2.45) is 5.92 Å². The number of urea groups is 1. The molecule has 0 bridgehead atoms. The van der Waals surface area contributed by atoms with E-state index in [1.165, 1.54) is 26.4 Å². The molecule has 0 radical (unpaired) electrons. The molecule has 214 valence electrons. The zero-order valence-corrected chi connectivity index (χ0v) is 23.3. The van der Waals surface area contributed by atoms with Crippen LogP contribution in [-0.2, 0) is 14.2 Å². The van der Waals surface area contributed by atoms with Crippen LogP contribution in [0, 0.1) is 5.92 Å². The number of rotatable bonds is 12. The van der Waals surface area contributed by atoms with Gasteiger partial charge in [-0.1, -0.05) is 55.8 Å². The highest BCUT2D eigenvalue weighted by Crippen LogP contribution is 2.30. The minimum atomic E-state index is -0.674. The highest BCUT2D eigenvalue weighted by Gasteiger charge is 2.34. The number of likely N-dealkylation sites (N-methyl/N-ethyl adjacent to an activating group) is 1. The number of hydrogen-bond acceptors (Lipinski definition) is 7. The number of nitrogens with one attached hydrogen (secondary N) is 3. The summed E-state index contributed by atoms with van der Waals surface area (Å²) in [6, 6.07) is 6.80. The molecule has 4 N–H and O–H groups in total. The molecule has 3 rings (SSSR count). The predicted molar refractivity (Wildman–Crippen MR) is 145 cm³/mol. The number of aliphatic hydroxyl groups excluding tert-OH is 1. The Labute approximate surface area is 230 Å². The molecule has 2 aliphatic rings. The van der Waals surface area contributed by atoms with Gasteiger partial charge in [-0.25, -0.2) is 9.59 Å². The van der Waals surface area contributed by atoms with Gasteiger partial charge in [0.2, 0.25) is 0 Å². The number of ether oxygens (including phenoxy) is 3. The van der Waals surface area contributed by atoms with Gasteiger partial charge in [-0.05, 0) is 37.1 Å². The Morgan fingerprint density at radius 2 is 2.05 bits per heavy atom. The van der Waals surface area contributed by atoms with Crippen molar-refractivity contribution in [1.82, 2.24) is 20.9 Å². The summed E-state index contributed by atoms with van der Waals surface area (Å²) in [5.74, 6) is 0.511. The molecule has 1 aliphatic carbocycles. The van der Waals surface area contributed by atoms with Crippen molar-refractivity contribution in [3.8, 4) is 0 Å². The average Bonchev–Trinajstić information content (AvgIpc) is 2.93. The monoisotopic (exact) mass is 554 g/mol. The number of carbonyl (C=O) groups excluding carboxylic acids is 2. The Morgan fingerprint density at radius 1 is 1.26 bits per heavy atom. The molecule has 1 saturated carbocycles. The van der Waals surface area contributed by atoms with Crippen molar-refractivity contribution in [3.05, 3.63) is 34.9 Å². The maximum absolute atomic E-state index is 13.4. The molecule has 0 spiro atoms. The largest absolute Gasteiger partial charge is 0.453 e. The summed E-state index contributed by atoms with van der Waals surface area (Å²) in [5, 5.41) is 20.1. The summed E-state index contributed by atoms with van der Waals surface area (Å²) in [6.07, 6.45) is 4.57. The molecule has 0 aromatic heterocycles. The van der Waals surface area contributed by atoms with Crippen LogP contribution in [0.15, 0.2) is 24.3 Å². The number of alkyl carbamates (subject to hydrolysis) is 1. The van der Waals surface area contributed by atoms with Crippen LogP contribution in [0.5, 0.6) is 0 Å². The third-order valence-electron chi connectivity index (χ3n) is 7.25. The van der Waals surface area contributed by atoms with Gasteiger partial charge >= 0.3 is 12.1 Å². The quantitative estimate of drug-likeness (QED) is 0.293. The van der Waals surface area contributed by atoms with Crippen LogP contribution in [0.25, 0.3) is 0 Å². The van der Waals surface area contributed by atoms with Gasteiger partial charge in [-0.2, -0.15) is 0 Å². The van der Waals surface area contributed by atoms with Crippen LogP contribution < -0.4 is 16.0 Å². The van der Waals surface area contributed by atoms with E-state index in [9.17, 15) is 14.7 Å². The van der Waals surface area contributed by atoms with Crippen LogP contribution in [0.2, 0.25) is 5.02 Å². The first kappa shape index (κ1) is 30.4. The van der Waals surface area contributed by atoms with E-state index in [1.807, 2.05) is 18.2 Å². The molecule has 1 aromatic rings. The van der Waals surface area contributed by atoms with Crippen LogP contribution in [0.4, 0.5) is 9.59 Å². The summed E-state index contributed by atoms with van der Waals surface area (Å²) in [5.41, 5.74) is 0.822. The Bertz CT molecular complexity index is 872. The maximum Gasteiger partial charge on any atom is 0.406 e. The van der Waals surface area contributed by atoms with Crippen molar-refractivity contribution >= 4 is 23.7 Å². The minimum absolute atomic E-state index is 0.216. The molecule has 1 heterocycles. The lowest BCUT2D eigenvalue weighted by Crippen LogP contribution is -2.56. The smallest absolute Gasteiger partial charge is 0.406 e. The summed E-state index contributed by atoms with van der Waals surface area (Å²) in [4.78, 5) is 26.5. The number of benzene rings is 1. The van der Waals surface area contributed by atoms with E-state index in [0.29, 0.717) is 37.2 Å². The Morgan fingerprint density at radius 3 is 2.76 bits per heavy atom. The molecule has 4 unspecified atom stereocenters. The summed E-state index contributed by atoms with van der Waals surface area (Å²) >= 11 is 6.25. The molecule has 2 fully saturated rings. The van der Waals surface area contributed by atoms with Crippen molar-refractivity contribution < 1.29 is 28.9 Å². The van der Waals surface area contributed by atoms with E-state index in [4.69, 9.17) is 21.1 Å². The topological polar surface area (TPSA) is 121 Å². The zero-order chi connectivity index (χ0) is 27.3. The van der Waals surface area contributed by atoms with Crippen molar-refractivity contribution in [3.63, 3.8) is 0 Å². The van der Waals surface area contributed by atoms with Gasteiger partial charge in [-0.15, -0.1) is 0 Å². The summed E-state index contributed by atoms with van der Waals surface area (Å²) in [7, 11) is 3.10. The third-order valence-corrected chi connectivity index (χ3v) is 7.48. The molecule has 1 saturated heterocycles. The zero-order valence-electron chi connectivity index (χ0n) is 22.5. The second-order valence-electron chi connectivity index (χ2n) is 10.0. The first-order chi connectivity index (χ1) is 18.4. The Kier molecular flexibility index (Phi) is 12.9. The van der Waals surface area contributed by atoms with E-state index in [2.05, 4.69) is 20.7 Å². The van der Waals surface area contributed by atoms with Gasteiger partial charge in [-0.3, -0.25) is 0 Å². The van der Waals surface area contributed by atoms with Gasteiger partial charge in [0, 0.05) is 24.7 Å². The lowest BCUT2D eigenvalue weighted by molar-refractivity contribution is -0.105. The number of nitrogens with zero attached hydrogens (tertiary/aromatic N) is 1. The van der Waals surface area contributed by atoms with E-state index in [-0.39, 0.29) is 25.2 Å². The highest BCUT2D eigenvalue weighted by molar-refractivity contribution is 6.30. The molecule has 1 aromatic carbocycles. The fourth-order valence-corrected chi connectivity index (χ4v) is 5.45. The summed E-state index contributed by atoms with van der Waals surface area (Å²) in [6.45, 7) is 1.99. The van der Waals surface area contributed by atoms with Crippen molar-refractivity contribution in [2.45, 2.75) is 62.9 Å². The number of amides is 3. The fourth-order valence-electron chi connectivity index (χ4n) is 5.25. The lowest BCUT2D eigenvalue weighted by atomic mass is 9.83.